The van der Waals surface area contributed by atoms with E-state index in [4.69, 9.17) is 9.26 Å². The molecule has 6 nitrogen and oxygen atoms in total. The van der Waals surface area contributed by atoms with Gasteiger partial charge in [-0.1, -0.05) is 25.9 Å². The number of benzene rings is 1. The number of aromatic nitrogens is 2. The number of nitrogens with one attached hydrogen (secondary N) is 1. The van der Waals surface area contributed by atoms with Gasteiger partial charge in [0.25, 0.3) is 0 Å². The molecule has 0 aliphatic carbocycles. The predicted octanol–water partition coefficient (Wildman–Crippen LogP) is 3.62. The van der Waals surface area contributed by atoms with Crippen molar-refractivity contribution in [1.82, 2.24) is 15.5 Å². The smallest absolute Gasteiger partial charge is 0.227 e. The van der Waals surface area contributed by atoms with Gasteiger partial charge in [0.2, 0.25) is 17.6 Å². The molecule has 1 atom stereocenters. The average Bonchev–Trinajstić information content (AvgIpc) is 3.02. The van der Waals surface area contributed by atoms with Crippen molar-refractivity contribution in [3.63, 3.8) is 0 Å². The number of hydrogen-bond acceptors (Lipinski definition) is 5. The van der Waals surface area contributed by atoms with Crippen LogP contribution in [-0.2, 0) is 11.2 Å². The molecule has 2 rings (SSSR count). The third-order valence-electron chi connectivity index (χ3n) is 4.13. The molecule has 0 aliphatic rings. The summed E-state index contributed by atoms with van der Waals surface area (Å²) >= 11 is 0. The van der Waals surface area contributed by atoms with Crippen molar-refractivity contribution in [2.45, 2.75) is 53.5 Å². The maximum Gasteiger partial charge on any atom is 0.227 e. The Balaban J connectivity index is 1.90. The average molecular weight is 345 g/mol. The summed E-state index contributed by atoms with van der Waals surface area (Å²) < 4.78 is 10.7. The van der Waals surface area contributed by atoms with Crippen LogP contribution in [0.2, 0.25) is 0 Å². The first-order valence-electron chi connectivity index (χ1n) is 8.64. The first-order chi connectivity index (χ1) is 11.8. The molecule has 1 heterocycles. The van der Waals surface area contributed by atoms with Crippen LogP contribution in [0.25, 0.3) is 11.4 Å². The Bertz CT molecular complexity index is 687. The van der Waals surface area contributed by atoms with Crippen LogP contribution in [0.4, 0.5) is 0 Å². The van der Waals surface area contributed by atoms with Crippen LogP contribution in [0.15, 0.2) is 28.8 Å². The number of carbonyl (C=O) groups excluding carboxylic acids is 1. The van der Waals surface area contributed by atoms with Crippen LogP contribution in [0.3, 0.4) is 0 Å². The lowest BCUT2D eigenvalue weighted by molar-refractivity contribution is -0.122. The molecule has 0 fully saturated rings. The van der Waals surface area contributed by atoms with E-state index in [1.807, 2.05) is 38.1 Å². The van der Waals surface area contributed by atoms with Crippen molar-refractivity contribution in [1.29, 1.82) is 0 Å². The van der Waals surface area contributed by atoms with Crippen molar-refractivity contribution in [2.24, 2.45) is 5.41 Å². The zero-order chi connectivity index (χ0) is 18.4. The number of hydrogen-bond donors (Lipinski definition) is 1. The number of amides is 1. The Labute approximate surface area is 149 Å². The van der Waals surface area contributed by atoms with Crippen LogP contribution in [0.5, 0.6) is 5.75 Å². The number of nitrogens with zero attached hydrogens (tertiary/aromatic N) is 2. The lowest BCUT2D eigenvalue weighted by Gasteiger charge is -2.28. The summed E-state index contributed by atoms with van der Waals surface area (Å²) in [4.78, 5) is 16.4. The van der Waals surface area contributed by atoms with E-state index in [0.717, 1.165) is 11.3 Å². The molecule has 0 spiro atoms. The largest absolute Gasteiger partial charge is 0.494 e. The zero-order valence-electron chi connectivity index (χ0n) is 15.6. The predicted molar refractivity (Wildman–Crippen MR) is 96.3 cm³/mol. The number of ether oxygens (including phenoxy) is 1. The first kappa shape index (κ1) is 19.0. The van der Waals surface area contributed by atoms with Crippen molar-refractivity contribution < 1.29 is 14.1 Å². The quantitative estimate of drug-likeness (QED) is 0.829. The second-order valence-electron chi connectivity index (χ2n) is 7.12. The highest BCUT2D eigenvalue weighted by molar-refractivity contribution is 5.76. The van der Waals surface area contributed by atoms with Gasteiger partial charge < -0.3 is 14.6 Å². The third kappa shape index (κ3) is 5.59. The molecular formula is C19H27N3O3. The molecular weight excluding hydrogens is 318 g/mol. The molecule has 0 unspecified atom stereocenters. The number of rotatable bonds is 7. The summed E-state index contributed by atoms with van der Waals surface area (Å²) in [5, 5.41) is 6.99. The molecule has 1 N–H and O–H groups in total. The molecule has 0 saturated heterocycles. The monoisotopic (exact) mass is 345 g/mol. The van der Waals surface area contributed by atoms with Gasteiger partial charge in [0.1, 0.15) is 5.75 Å². The minimum Gasteiger partial charge on any atom is -0.494 e. The summed E-state index contributed by atoms with van der Waals surface area (Å²) in [7, 11) is 0. The Morgan fingerprint density at radius 1 is 1.28 bits per heavy atom. The summed E-state index contributed by atoms with van der Waals surface area (Å²) in [5.41, 5.74) is 0.880. The normalized spacial score (nSPS) is 12.7. The summed E-state index contributed by atoms with van der Waals surface area (Å²) in [6.07, 6.45) is 0.748. The van der Waals surface area contributed by atoms with E-state index in [9.17, 15) is 4.79 Å². The standard InChI is InChI=1S/C19H27N3O3/c1-6-24-15-9-7-14(8-10-15)18-21-17(25-22-18)12-11-16(23)20-13(2)19(3,4)5/h7-10,13H,6,11-12H2,1-5H3,(H,20,23)/t13-/m1/s1. The van der Waals surface area contributed by atoms with E-state index < -0.39 is 0 Å². The second kappa shape index (κ2) is 8.14. The summed E-state index contributed by atoms with van der Waals surface area (Å²) in [6.45, 7) is 10.9. The van der Waals surface area contributed by atoms with E-state index in [1.54, 1.807) is 0 Å². The van der Waals surface area contributed by atoms with Gasteiger partial charge in [0.15, 0.2) is 0 Å². The van der Waals surface area contributed by atoms with E-state index in [2.05, 4.69) is 36.2 Å². The summed E-state index contributed by atoms with van der Waals surface area (Å²) in [5.74, 6) is 1.77. The van der Waals surface area contributed by atoms with E-state index in [0.29, 0.717) is 31.2 Å². The van der Waals surface area contributed by atoms with E-state index in [1.165, 1.54) is 0 Å². The minimum absolute atomic E-state index is 0.0109. The minimum atomic E-state index is -0.0109. The topological polar surface area (TPSA) is 77.2 Å². The zero-order valence-corrected chi connectivity index (χ0v) is 15.6. The van der Waals surface area contributed by atoms with Crippen LogP contribution in [0, 0.1) is 5.41 Å². The molecule has 0 radical (unpaired) electrons. The van der Waals surface area contributed by atoms with Crippen LogP contribution < -0.4 is 10.1 Å². The molecule has 0 bridgehead atoms. The van der Waals surface area contributed by atoms with Crippen molar-refractivity contribution in [2.75, 3.05) is 6.61 Å². The highest BCUT2D eigenvalue weighted by Crippen LogP contribution is 2.21. The molecule has 25 heavy (non-hydrogen) atoms. The van der Waals surface area contributed by atoms with Crippen molar-refractivity contribution in [3.05, 3.63) is 30.2 Å². The van der Waals surface area contributed by atoms with Gasteiger partial charge in [-0.3, -0.25) is 4.79 Å². The lowest BCUT2D eigenvalue weighted by Crippen LogP contribution is -2.41. The van der Waals surface area contributed by atoms with E-state index >= 15 is 0 Å². The molecule has 1 aromatic heterocycles. The lowest BCUT2D eigenvalue weighted by atomic mass is 9.88. The van der Waals surface area contributed by atoms with E-state index in [-0.39, 0.29) is 17.4 Å². The van der Waals surface area contributed by atoms with Crippen molar-refractivity contribution in [3.8, 4) is 17.1 Å². The number of carbonyl (C=O) groups is 1. The Kier molecular flexibility index (Phi) is 6.17. The van der Waals surface area contributed by atoms with Gasteiger partial charge in [-0.25, -0.2) is 0 Å². The van der Waals surface area contributed by atoms with Gasteiger partial charge in [0, 0.05) is 24.4 Å². The van der Waals surface area contributed by atoms with Crippen molar-refractivity contribution >= 4 is 5.91 Å². The molecule has 6 heteroatoms. The van der Waals surface area contributed by atoms with Gasteiger partial charge >= 0.3 is 0 Å². The number of aryl methyl sites for hydroxylation is 1. The summed E-state index contributed by atoms with van der Waals surface area (Å²) in [6, 6.07) is 7.61. The Hall–Kier alpha value is -2.37. The molecule has 1 amide bonds. The maximum atomic E-state index is 12.0. The van der Waals surface area contributed by atoms with Gasteiger partial charge in [0.05, 0.1) is 6.61 Å². The molecule has 0 saturated carbocycles. The van der Waals surface area contributed by atoms with Crippen LogP contribution in [0.1, 0.15) is 46.9 Å². The molecule has 2 aromatic rings. The van der Waals surface area contributed by atoms with Crippen LogP contribution >= 0.6 is 0 Å². The second-order valence-corrected chi connectivity index (χ2v) is 7.12. The molecule has 136 valence electrons. The highest BCUT2D eigenvalue weighted by atomic mass is 16.5. The SMILES string of the molecule is CCOc1ccc(-c2noc(CCC(=O)N[C@H](C)C(C)(C)C)n2)cc1. The van der Waals surface area contributed by atoms with Gasteiger partial charge in [-0.15, -0.1) is 0 Å². The Morgan fingerprint density at radius 2 is 1.96 bits per heavy atom. The van der Waals surface area contributed by atoms with Crippen LogP contribution in [-0.4, -0.2) is 28.7 Å². The third-order valence-corrected chi connectivity index (χ3v) is 4.13. The fourth-order valence-corrected chi connectivity index (χ4v) is 2.09. The van der Waals surface area contributed by atoms with Gasteiger partial charge in [-0.05, 0) is 43.5 Å². The fourth-order valence-electron chi connectivity index (χ4n) is 2.09. The Morgan fingerprint density at radius 3 is 2.56 bits per heavy atom. The maximum absolute atomic E-state index is 12.0. The van der Waals surface area contributed by atoms with Gasteiger partial charge in [-0.2, -0.15) is 4.98 Å². The fraction of sp³-hybridized carbons (Fsp3) is 0.526. The first-order valence-corrected chi connectivity index (χ1v) is 8.64. The molecule has 0 aliphatic heterocycles. The highest BCUT2D eigenvalue weighted by Gasteiger charge is 2.21. The molecule has 1 aromatic carbocycles.